The molecule has 1 aliphatic heterocycles. The van der Waals surface area contributed by atoms with Gasteiger partial charge in [-0.15, -0.1) is 0 Å². The average Bonchev–Trinajstić information content (AvgIpc) is 2.89. The second-order valence-corrected chi connectivity index (χ2v) is 6.74. The van der Waals surface area contributed by atoms with Crippen LogP contribution in [0.1, 0.15) is 5.56 Å². The quantitative estimate of drug-likeness (QED) is 0.839. The third-order valence-corrected chi connectivity index (χ3v) is 5.74. The van der Waals surface area contributed by atoms with Gasteiger partial charge in [-0.2, -0.15) is 12.2 Å². The summed E-state index contributed by atoms with van der Waals surface area (Å²) in [6.45, 7) is 0. The minimum Gasteiger partial charge on any atom is -0.369 e. The van der Waals surface area contributed by atoms with Crippen molar-refractivity contribution in [2.45, 2.75) is 4.90 Å². The van der Waals surface area contributed by atoms with E-state index in [4.69, 9.17) is 0 Å². The van der Waals surface area contributed by atoms with Crippen molar-refractivity contribution in [1.29, 1.82) is 0 Å². The Bertz CT molecular complexity index is 805. The van der Waals surface area contributed by atoms with E-state index in [0.717, 1.165) is 0 Å². The van der Waals surface area contributed by atoms with Gasteiger partial charge in [0.15, 0.2) is 0 Å². The molecule has 21 heavy (non-hydrogen) atoms. The summed E-state index contributed by atoms with van der Waals surface area (Å²) in [5.74, 6) is 0. The summed E-state index contributed by atoms with van der Waals surface area (Å²) in [5, 5.41) is 19.7. The molecule has 1 atom stereocenters. The predicted molar refractivity (Wildman–Crippen MR) is 81.1 cm³/mol. The molecule has 2 N–H and O–H groups in total. The second kappa shape index (κ2) is 4.82. The van der Waals surface area contributed by atoms with Gasteiger partial charge in [0, 0.05) is 11.6 Å². The van der Waals surface area contributed by atoms with Gasteiger partial charge in [0.2, 0.25) is 0 Å². The maximum absolute atomic E-state index is 13.0. The van der Waals surface area contributed by atoms with Crippen LogP contribution in [0.25, 0.3) is 6.08 Å². The van der Waals surface area contributed by atoms with E-state index in [1.165, 1.54) is 18.3 Å². The van der Waals surface area contributed by atoms with Crippen LogP contribution in [0.4, 0.5) is 5.69 Å². The summed E-state index contributed by atoms with van der Waals surface area (Å²) in [4.78, 5) is 0.0273. The number of quaternary nitrogens is 1. The lowest BCUT2D eigenvalue weighted by Gasteiger charge is -2.29. The fourth-order valence-electron chi connectivity index (χ4n) is 2.52. The van der Waals surface area contributed by atoms with Crippen molar-refractivity contribution in [2.75, 3.05) is 0 Å². The van der Waals surface area contributed by atoms with Crippen LogP contribution in [-0.4, -0.2) is 25.7 Å². The molecule has 0 radical (unpaired) electrons. The Labute approximate surface area is 123 Å². The number of hydrogen-bond donors (Lipinski definition) is 2. The van der Waals surface area contributed by atoms with Crippen molar-refractivity contribution >= 4 is 29.0 Å². The average molecular weight is 302 g/mol. The molecule has 0 spiro atoms. The minimum atomic E-state index is -4.06. The molecule has 3 rings (SSSR count). The van der Waals surface area contributed by atoms with Gasteiger partial charge >= 0.3 is 17.3 Å². The molecule has 1 heterocycles. The first kappa shape index (κ1) is 14.0. The van der Waals surface area contributed by atoms with Crippen molar-refractivity contribution in [3.63, 3.8) is 0 Å². The van der Waals surface area contributed by atoms with Crippen molar-refractivity contribution in [1.82, 2.24) is 3.80 Å². The fourth-order valence-corrected chi connectivity index (χ4v) is 4.26. The molecule has 7 heteroatoms. The van der Waals surface area contributed by atoms with E-state index in [1.54, 1.807) is 48.5 Å². The van der Waals surface area contributed by atoms with Crippen molar-refractivity contribution in [3.05, 3.63) is 66.4 Å². The summed E-state index contributed by atoms with van der Waals surface area (Å²) >= 11 is 0. The van der Waals surface area contributed by atoms with Gasteiger partial charge in [-0.1, -0.05) is 30.3 Å². The molecule has 2 aromatic rings. The highest BCUT2D eigenvalue weighted by atomic mass is 32.2. The Balaban J connectivity index is 2.29. The summed E-state index contributed by atoms with van der Waals surface area (Å²) in [7, 11) is -6.18. The van der Waals surface area contributed by atoms with Gasteiger partial charge in [0.25, 0.3) is 0 Å². The highest BCUT2D eigenvalue weighted by molar-refractivity contribution is 7.92. The van der Waals surface area contributed by atoms with Crippen LogP contribution in [-0.2, 0) is 10.0 Å². The fraction of sp³-hybridized carbons (Fsp3) is 0. The number of para-hydroxylation sites is 1. The zero-order chi connectivity index (χ0) is 15.1. The molecule has 0 aliphatic carbocycles. The summed E-state index contributed by atoms with van der Waals surface area (Å²) in [5.41, 5.74) is 0.960. The molecule has 0 saturated carbocycles. The smallest absolute Gasteiger partial charge is 0.369 e. The van der Waals surface area contributed by atoms with Crippen LogP contribution in [0.2, 0.25) is 0 Å². The van der Waals surface area contributed by atoms with Gasteiger partial charge in [-0.3, -0.25) is 0 Å². The molecule has 0 aromatic heterocycles. The number of rotatable bonds is 3. The lowest BCUT2D eigenvalue weighted by molar-refractivity contribution is 0.359. The zero-order valence-electron chi connectivity index (χ0n) is 11.0. The monoisotopic (exact) mass is 302 g/mol. The minimum absolute atomic E-state index is 0.0273. The summed E-state index contributed by atoms with van der Waals surface area (Å²) in [6.07, 6.45) is 2.87. The topological polar surface area (TPSA) is 74.6 Å². The highest BCUT2D eigenvalue weighted by Gasteiger charge is 2.58. The Hall–Kier alpha value is -1.93. The first-order valence-corrected chi connectivity index (χ1v) is 7.78. The van der Waals surface area contributed by atoms with Crippen LogP contribution in [0.3, 0.4) is 0 Å². The lowest BCUT2D eigenvalue weighted by Crippen LogP contribution is -2.59. The van der Waals surface area contributed by atoms with Gasteiger partial charge in [0.05, 0.1) is 0 Å². The largest absolute Gasteiger partial charge is 0.780 e. The molecular formula is C14H13BNO4S+. The normalized spacial score (nSPS) is 20.3. The maximum Gasteiger partial charge on any atom is 0.780 e. The first-order valence-electron chi connectivity index (χ1n) is 6.34. The van der Waals surface area contributed by atoms with Gasteiger partial charge in [-0.25, -0.2) is 0 Å². The number of hydrogen-bond acceptors (Lipinski definition) is 4. The van der Waals surface area contributed by atoms with E-state index in [2.05, 4.69) is 0 Å². The van der Waals surface area contributed by atoms with E-state index < -0.39 is 21.1 Å². The van der Waals surface area contributed by atoms with E-state index in [0.29, 0.717) is 11.3 Å². The summed E-state index contributed by atoms with van der Waals surface area (Å²) in [6, 6.07) is 14.5. The predicted octanol–water partition coefficient (Wildman–Crippen LogP) is 1.34. The molecule has 0 amide bonds. The molecular weight excluding hydrogens is 289 g/mol. The highest BCUT2D eigenvalue weighted by Crippen LogP contribution is 2.41. The van der Waals surface area contributed by atoms with Crippen LogP contribution in [0.5, 0.6) is 0 Å². The van der Waals surface area contributed by atoms with Crippen molar-refractivity contribution in [3.8, 4) is 0 Å². The molecule has 1 unspecified atom stereocenters. The van der Waals surface area contributed by atoms with E-state index in [1.807, 2.05) is 0 Å². The van der Waals surface area contributed by atoms with E-state index in [9.17, 15) is 18.5 Å². The Kier molecular flexibility index (Phi) is 3.22. The zero-order valence-corrected chi connectivity index (χ0v) is 11.8. The number of fused-ring (bicyclic) bond motifs is 1. The van der Waals surface area contributed by atoms with Crippen LogP contribution in [0, 0.1) is 0 Å². The number of sulfonamides is 1. The van der Waals surface area contributed by atoms with Gasteiger partial charge in [-0.05, 0) is 24.3 Å². The Morgan fingerprint density at radius 1 is 0.905 bits per heavy atom. The van der Waals surface area contributed by atoms with Crippen LogP contribution >= 0.6 is 0 Å². The Morgan fingerprint density at radius 2 is 1.52 bits per heavy atom. The molecule has 0 fully saturated rings. The standard InChI is InChI=1S/C14H13BNO4S/c17-15(18)16(11-10-12-6-4-5-9-14(12)16)21(19,20)13-7-2-1-3-8-13/h1-11,17-18H/q+1. The van der Waals surface area contributed by atoms with E-state index in [-0.39, 0.29) is 4.90 Å². The SMILES string of the molecule is O=S(=O)(c1ccccc1)[N+]1(B(O)O)C=Cc2ccccc21. The van der Waals surface area contributed by atoms with Gasteiger partial charge < -0.3 is 10.0 Å². The van der Waals surface area contributed by atoms with E-state index >= 15 is 0 Å². The molecule has 0 saturated heterocycles. The second-order valence-electron chi connectivity index (χ2n) is 4.72. The lowest BCUT2D eigenvalue weighted by atomic mass is 10.1. The van der Waals surface area contributed by atoms with Crippen molar-refractivity contribution < 1.29 is 18.5 Å². The van der Waals surface area contributed by atoms with Crippen LogP contribution < -0.4 is 3.80 Å². The maximum atomic E-state index is 13.0. The molecule has 0 bridgehead atoms. The van der Waals surface area contributed by atoms with Crippen molar-refractivity contribution in [2.24, 2.45) is 0 Å². The third kappa shape index (κ3) is 1.86. The molecule has 106 valence electrons. The number of benzene rings is 2. The first-order chi connectivity index (χ1) is 10.00. The van der Waals surface area contributed by atoms with Gasteiger partial charge in [0.1, 0.15) is 16.8 Å². The number of nitrogens with zero attached hydrogens (tertiary/aromatic N) is 1. The Morgan fingerprint density at radius 3 is 2.19 bits per heavy atom. The molecule has 1 aliphatic rings. The van der Waals surface area contributed by atoms with Crippen LogP contribution in [0.15, 0.2) is 65.7 Å². The summed E-state index contributed by atoms with van der Waals surface area (Å²) < 4.78 is 24.9. The molecule has 5 nitrogen and oxygen atoms in total. The molecule has 2 aromatic carbocycles. The third-order valence-electron chi connectivity index (χ3n) is 3.57.